The summed E-state index contributed by atoms with van der Waals surface area (Å²) < 4.78 is 17.2. The SMILES string of the molecule is CC(C)(C)OC(=O)N(C(=O)OC(C)(C)C)c1nn(C(=O)OC(C)(C)C)c2ccccc12. The molecule has 0 atom stereocenters. The van der Waals surface area contributed by atoms with Crippen LogP contribution in [0.15, 0.2) is 24.3 Å². The van der Waals surface area contributed by atoms with Gasteiger partial charge in [0, 0.05) is 5.39 Å². The Balaban J connectivity index is 2.65. The number of imide groups is 1. The summed E-state index contributed by atoms with van der Waals surface area (Å²) in [5.74, 6) is -0.0926. The lowest BCUT2D eigenvalue weighted by Crippen LogP contribution is -2.44. The lowest BCUT2D eigenvalue weighted by atomic mass is 10.2. The van der Waals surface area contributed by atoms with Gasteiger partial charge in [-0.25, -0.2) is 14.4 Å². The fourth-order valence-corrected chi connectivity index (χ4v) is 2.52. The molecule has 0 fully saturated rings. The first kappa shape index (κ1) is 24.2. The van der Waals surface area contributed by atoms with E-state index in [0.717, 1.165) is 4.68 Å². The first-order chi connectivity index (χ1) is 14.0. The minimum absolute atomic E-state index is 0.0926. The monoisotopic (exact) mass is 433 g/mol. The van der Waals surface area contributed by atoms with Gasteiger partial charge in [-0.15, -0.1) is 5.10 Å². The molecule has 0 N–H and O–H groups in total. The highest BCUT2D eigenvalue weighted by atomic mass is 16.6. The molecule has 0 bridgehead atoms. The summed E-state index contributed by atoms with van der Waals surface area (Å²) in [6.45, 7) is 15.2. The molecule has 170 valence electrons. The van der Waals surface area contributed by atoms with Crippen LogP contribution in [0.5, 0.6) is 0 Å². The molecule has 0 spiro atoms. The van der Waals surface area contributed by atoms with E-state index in [1.807, 2.05) is 0 Å². The predicted octanol–water partition coefficient (Wildman–Crippen LogP) is 5.50. The molecular formula is C22H31N3O6. The molecule has 1 heterocycles. The van der Waals surface area contributed by atoms with E-state index in [-0.39, 0.29) is 5.82 Å². The third-order valence-electron chi connectivity index (χ3n) is 3.50. The Bertz CT molecular complexity index is 961. The van der Waals surface area contributed by atoms with Crippen LogP contribution in [0.3, 0.4) is 0 Å². The van der Waals surface area contributed by atoms with Gasteiger partial charge in [-0.3, -0.25) is 0 Å². The largest absolute Gasteiger partial charge is 0.443 e. The summed E-state index contributed by atoms with van der Waals surface area (Å²) in [7, 11) is 0. The first-order valence-corrected chi connectivity index (χ1v) is 9.96. The third kappa shape index (κ3) is 6.44. The number of rotatable bonds is 1. The van der Waals surface area contributed by atoms with Gasteiger partial charge in [-0.05, 0) is 74.4 Å². The minimum Gasteiger partial charge on any atom is -0.443 e. The van der Waals surface area contributed by atoms with Crippen molar-refractivity contribution in [2.45, 2.75) is 79.1 Å². The summed E-state index contributed by atoms with van der Waals surface area (Å²) in [5, 5.41) is 4.62. The van der Waals surface area contributed by atoms with Crippen molar-refractivity contribution in [1.82, 2.24) is 9.78 Å². The van der Waals surface area contributed by atoms with E-state index < -0.39 is 35.1 Å². The molecule has 0 aliphatic heterocycles. The van der Waals surface area contributed by atoms with Crippen molar-refractivity contribution >= 4 is 35.0 Å². The molecule has 9 heteroatoms. The van der Waals surface area contributed by atoms with Crippen molar-refractivity contribution in [3.63, 3.8) is 0 Å². The highest BCUT2D eigenvalue weighted by molar-refractivity contribution is 6.14. The highest BCUT2D eigenvalue weighted by Gasteiger charge is 2.36. The Morgan fingerprint density at radius 1 is 0.774 bits per heavy atom. The number of amides is 2. The fraction of sp³-hybridized carbons (Fsp3) is 0.545. The zero-order valence-electron chi connectivity index (χ0n) is 19.6. The fourth-order valence-electron chi connectivity index (χ4n) is 2.52. The lowest BCUT2D eigenvalue weighted by molar-refractivity contribution is 0.0421. The van der Waals surface area contributed by atoms with Crippen LogP contribution in [-0.2, 0) is 14.2 Å². The number of anilines is 1. The molecule has 0 saturated heterocycles. The van der Waals surface area contributed by atoms with Crippen LogP contribution < -0.4 is 4.90 Å². The Morgan fingerprint density at radius 2 is 1.23 bits per heavy atom. The number of nitrogens with zero attached hydrogens (tertiary/aromatic N) is 3. The van der Waals surface area contributed by atoms with Gasteiger partial charge in [0.05, 0.1) is 5.52 Å². The molecule has 9 nitrogen and oxygen atoms in total. The van der Waals surface area contributed by atoms with Crippen LogP contribution in [0.4, 0.5) is 20.2 Å². The number of aromatic nitrogens is 2. The van der Waals surface area contributed by atoms with Crippen LogP contribution in [-0.4, -0.2) is 44.9 Å². The maximum atomic E-state index is 13.0. The van der Waals surface area contributed by atoms with Gasteiger partial charge in [0.25, 0.3) is 0 Å². The zero-order chi connectivity index (χ0) is 23.8. The van der Waals surface area contributed by atoms with Crippen molar-refractivity contribution in [2.24, 2.45) is 0 Å². The number of carbonyl (C=O) groups excluding carboxylic acids is 3. The number of fused-ring (bicyclic) bond motifs is 1. The van der Waals surface area contributed by atoms with Crippen LogP contribution in [0.1, 0.15) is 62.3 Å². The molecule has 0 saturated carbocycles. The molecule has 0 aliphatic carbocycles. The smallest absolute Gasteiger partial charge is 0.435 e. The highest BCUT2D eigenvalue weighted by Crippen LogP contribution is 2.29. The quantitative estimate of drug-likeness (QED) is 0.548. The number of carbonyl (C=O) groups is 3. The van der Waals surface area contributed by atoms with E-state index in [1.165, 1.54) is 0 Å². The van der Waals surface area contributed by atoms with Gasteiger partial charge in [-0.1, -0.05) is 12.1 Å². The van der Waals surface area contributed by atoms with Crippen LogP contribution in [0.2, 0.25) is 0 Å². The summed E-state index contributed by atoms with van der Waals surface area (Å²) in [6.07, 6.45) is -2.69. The van der Waals surface area contributed by atoms with E-state index in [9.17, 15) is 14.4 Å². The second-order valence-electron chi connectivity index (χ2n) is 10.0. The second kappa shape index (κ2) is 8.20. The molecule has 0 aliphatic rings. The second-order valence-corrected chi connectivity index (χ2v) is 10.0. The van der Waals surface area contributed by atoms with E-state index in [1.54, 1.807) is 86.6 Å². The van der Waals surface area contributed by atoms with Crippen molar-refractivity contribution in [3.8, 4) is 0 Å². The predicted molar refractivity (Wildman–Crippen MR) is 116 cm³/mol. The van der Waals surface area contributed by atoms with E-state index >= 15 is 0 Å². The van der Waals surface area contributed by atoms with Gasteiger partial charge >= 0.3 is 18.3 Å². The molecule has 2 amide bonds. The Morgan fingerprint density at radius 3 is 1.68 bits per heavy atom. The van der Waals surface area contributed by atoms with Gasteiger partial charge in [0.1, 0.15) is 16.8 Å². The Labute approximate surface area is 182 Å². The summed E-state index contributed by atoms with van der Waals surface area (Å²) in [4.78, 5) is 39.4. The van der Waals surface area contributed by atoms with E-state index in [4.69, 9.17) is 14.2 Å². The summed E-state index contributed by atoms with van der Waals surface area (Å²) in [5.41, 5.74) is -2.15. The molecule has 0 unspecified atom stereocenters. The van der Waals surface area contributed by atoms with Crippen molar-refractivity contribution in [3.05, 3.63) is 24.3 Å². The van der Waals surface area contributed by atoms with E-state index in [0.29, 0.717) is 15.8 Å². The lowest BCUT2D eigenvalue weighted by Gasteiger charge is -2.27. The number of para-hydroxylation sites is 1. The first-order valence-electron chi connectivity index (χ1n) is 9.96. The minimum atomic E-state index is -0.971. The Kier molecular flexibility index (Phi) is 6.40. The Hall–Kier alpha value is -3.10. The van der Waals surface area contributed by atoms with E-state index in [2.05, 4.69) is 5.10 Å². The molecule has 31 heavy (non-hydrogen) atoms. The van der Waals surface area contributed by atoms with Crippen LogP contribution >= 0.6 is 0 Å². The zero-order valence-corrected chi connectivity index (χ0v) is 19.6. The van der Waals surface area contributed by atoms with Crippen LogP contribution in [0.25, 0.3) is 10.9 Å². The molecule has 1 aromatic carbocycles. The normalized spacial score (nSPS) is 12.4. The average Bonchev–Trinajstić information content (AvgIpc) is 2.90. The van der Waals surface area contributed by atoms with Gasteiger partial charge in [-0.2, -0.15) is 9.58 Å². The molecule has 1 aromatic heterocycles. The van der Waals surface area contributed by atoms with Gasteiger partial charge < -0.3 is 14.2 Å². The standard InChI is InChI=1S/C22H31N3O6/c1-20(2,3)29-17(26)24(18(27)30-21(4,5)6)16-14-12-10-11-13-15(14)25(23-16)19(28)31-22(7,8)9/h10-13H,1-9H3. The van der Waals surface area contributed by atoms with Crippen molar-refractivity contribution in [1.29, 1.82) is 0 Å². The summed E-state index contributed by atoms with van der Waals surface area (Å²) in [6, 6.07) is 6.69. The molecule has 2 aromatic rings. The summed E-state index contributed by atoms with van der Waals surface area (Å²) >= 11 is 0. The van der Waals surface area contributed by atoms with Gasteiger partial charge in [0.2, 0.25) is 0 Å². The van der Waals surface area contributed by atoms with Crippen molar-refractivity contribution < 1.29 is 28.6 Å². The average molecular weight is 434 g/mol. The maximum Gasteiger partial charge on any atom is 0.435 e. The molecule has 2 rings (SSSR count). The number of hydrogen-bond acceptors (Lipinski definition) is 7. The number of hydrogen-bond donors (Lipinski definition) is 0. The number of ether oxygens (including phenoxy) is 3. The molecule has 0 radical (unpaired) electrons. The third-order valence-corrected chi connectivity index (χ3v) is 3.50. The number of benzene rings is 1. The van der Waals surface area contributed by atoms with Crippen molar-refractivity contribution in [2.75, 3.05) is 4.90 Å². The molecular weight excluding hydrogens is 402 g/mol. The topological polar surface area (TPSA) is 100.0 Å². The van der Waals surface area contributed by atoms with Crippen LogP contribution in [0, 0.1) is 0 Å². The van der Waals surface area contributed by atoms with Gasteiger partial charge in [0.15, 0.2) is 5.82 Å². The maximum absolute atomic E-state index is 13.0.